The number of nitrogens with one attached hydrogen (secondary N) is 4. The van der Waals surface area contributed by atoms with Gasteiger partial charge < -0.3 is 25.7 Å². The van der Waals surface area contributed by atoms with Crippen LogP contribution in [0.15, 0.2) is 24.3 Å². The van der Waals surface area contributed by atoms with Gasteiger partial charge in [0, 0.05) is 29.4 Å². The molecule has 1 aromatic carbocycles. The van der Waals surface area contributed by atoms with Gasteiger partial charge in [0.2, 0.25) is 11.8 Å². The van der Waals surface area contributed by atoms with E-state index in [9.17, 15) is 19.6 Å². The number of methoxy groups -OCH3 is 1. The molecule has 1 aliphatic heterocycles. The van der Waals surface area contributed by atoms with Crippen LogP contribution in [0.25, 0.3) is 10.9 Å². The largest absolute Gasteiger partial charge is 0.496 e. The van der Waals surface area contributed by atoms with Crippen LogP contribution >= 0.6 is 0 Å². The molecule has 0 bridgehead atoms. The van der Waals surface area contributed by atoms with Gasteiger partial charge in [-0.05, 0) is 50.3 Å². The number of carbonyl (C=O) groups excluding carboxylic acids is 3. The van der Waals surface area contributed by atoms with Gasteiger partial charge in [0.25, 0.3) is 5.91 Å². The van der Waals surface area contributed by atoms with Gasteiger partial charge in [-0.2, -0.15) is 5.26 Å². The van der Waals surface area contributed by atoms with E-state index in [0.717, 1.165) is 10.9 Å². The van der Waals surface area contributed by atoms with Crippen molar-refractivity contribution in [1.82, 2.24) is 20.9 Å². The number of fused-ring (bicyclic) bond motifs is 1. The lowest BCUT2D eigenvalue weighted by Crippen LogP contribution is -2.52. The summed E-state index contributed by atoms with van der Waals surface area (Å²) in [5, 5.41) is 18.8. The average molecular weight is 468 g/mol. The standard InChI is InChI=1S/C25H33N5O4/c1-14(2)10-20(24(32)29-19(15(3)13-26)11-16-8-9-27-23(16)31)30-25(33)21-12-17-18(28-21)6-5-7-22(17)34-4/h5-7,12,14-16,19-20,28H,8-11H2,1-4H3,(H,27,31)(H,29,32)(H,30,33). The van der Waals surface area contributed by atoms with E-state index in [0.29, 0.717) is 37.3 Å². The van der Waals surface area contributed by atoms with Crippen molar-refractivity contribution >= 4 is 28.6 Å². The molecule has 1 aliphatic rings. The molecule has 9 heteroatoms. The van der Waals surface area contributed by atoms with Gasteiger partial charge in [0.1, 0.15) is 17.5 Å². The molecule has 0 saturated carbocycles. The highest BCUT2D eigenvalue weighted by atomic mass is 16.5. The average Bonchev–Trinajstić information content (AvgIpc) is 3.43. The first-order chi connectivity index (χ1) is 16.2. The normalized spacial score (nSPS) is 18.1. The maximum Gasteiger partial charge on any atom is 0.268 e. The molecule has 4 N–H and O–H groups in total. The lowest BCUT2D eigenvalue weighted by Gasteiger charge is -2.27. The Bertz CT molecular complexity index is 1090. The molecule has 0 radical (unpaired) electrons. The van der Waals surface area contributed by atoms with Crippen molar-refractivity contribution in [3.8, 4) is 11.8 Å². The zero-order valence-electron chi connectivity index (χ0n) is 20.1. The molecule has 3 rings (SSSR count). The predicted molar refractivity (Wildman–Crippen MR) is 128 cm³/mol. The fourth-order valence-corrected chi connectivity index (χ4v) is 4.30. The third kappa shape index (κ3) is 5.87. The van der Waals surface area contributed by atoms with Crippen molar-refractivity contribution in [2.24, 2.45) is 17.8 Å². The smallest absolute Gasteiger partial charge is 0.268 e. The lowest BCUT2D eigenvalue weighted by atomic mass is 9.90. The molecule has 2 aromatic rings. The molecule has 3 amide bonds. The molecular formula is C25H33N5O4. The van der Waals surface area contributed by atoms with Gasteiger partial charge in [-0.3, -0.25) is 14.4 Å². The first-order valence-electron chi connectivity index (χ1n) is 11.7. The Kier molecular flexibility index (Phi) is 8.16. The maximum atomic E-state index is 13.2. The predicted octanol–water partition coefficient (Wildman–Crippen LogP) is 2.49. The quantitative estimate of drug-likeness (QED) is 0.426. The van der Waals surface area contributed by atoms with Crippen molar-refractivity contribution in [1.29, 1.82) is 5.26 Å². The third-order valence-electron chi connectivity index (χ3n) is 6.25. The summed E-state index contributed by atoms with van der Waals surface area (Å²) < 4.78 is 5.36. The summed E-state index contributed by atoms with van der Waals surface area (Å²) in [4.78, 5) is 41.4. The number of amides is 3. The van der Waals surface area contributed by atoms with Crippen LogP contribution in [-0.2, 0) is 9.59 Å². The van der Waals surface area contributed by atoms with Crippen molar-refractivity contribution in [3.05, 3.63) is 30.0 Å². The third-order valence-corrected chi connectivity index (χ3v) is 6.25. The number of H-pyrrole nitrogens is 1. The van der Waals surface area contributed by atoms with Crippen LogP contribution in [0.1, 0.15) is 50.5 Å². The van der Waals surface area contributed by atoms with Gasteiger partial charge in [-0.25, -0.2) is 0 Å². The fourth-order valence-electron chi connectivity index (χ4n) is 4.30. The van der Waals surface area contributed by atoms with Gasteiger partial charge in [-0.15, -0.1) is 0 Å². The van der Waals surface area contributed by atoms with Gasteiger partial charge in [0.05, 0.1) is 19.1 Å². The molecule has 4 unspecified atom stereocenters. The monoisotopic (exact) mass is 467 g/mol. The van der Waals surface area contributed by atoms with Crippen LogP contribution in [0, 0.1) is 29.1 Å². The van der Waals surface area contributed by atoms with Crippen molar-refractivity contribution in [2.45, 2.75) is 52.1 Å². The Balaban J connectivity index is 1.75. The summed E-state index contributed by atoms with van der Waals surface area (Å²) in [6.45, 7) is 6.27. The van der Waals surface area contributed by atoms with E-state index in [4.69, 9.17) is 4.74 Å². The Morgan fingerprint density at radius 2 is 2.03 bits per heavy atom. The highest BCUT2D eigenvalue weighted by Gasteiger charge is 2.32. The van der Waals surface area contributed by atoms with Crippen LogP contribution in [-0.4, -0.2) is 48.4 Å². The number of nitriles is 1. The Morgan fingerprint density at radius 1 is 1.26 bits per heavy atom. The topological polar surface area (TPSA) is 136 Å². The second-order valence-electron chi connectivity index (χ2n) is 9.31. The summed E-state index contributed by atoms with van der Waals surface area (Å²) >= 11 is 0. The highest BCUT2D eigenvalue weighted by molar-refractivity contribution is 6.01. The molecule has 1 fully saturated rings. The number of aromatic amines is 1. The molecular weight excluding hydrogens is 434 g/mol. The van der Waals surface area contributed by atoms with Crippen LogP contribution in [0.4, 0.5) is 0 Å². The zero-order valence-corrected chi connectivity index (χ0v) is 20.1. The number of benzene rings is 1. The van der Waals surface area contributed by atoms with E-state index in [1.54, 1.807) is 20.1 Å². The SMILES string of the molecule is COc1cccc2[nH]c(C(=O)NC(CC(C)C)C(=O)NC(CC3CCNC3=O)C(C)C#N)cc12. The van der Waals surface area contributed by atoms with Crippen LogP contribution in [0.3, 0.4) is 0 Å². The molecule has 9 nitrogen and oxygen atoms in total. The molecule has 1 saturated heterocycles. The first-order valence-corrected chi connectivity index (χ1v) is 11.7. The molecule has 0 aliphatic carbocycles. The zero-order chi connectivity index (χ0) is 24.8. The van der Waals surface area contributed by atoms with E-state index in [1.807, 2.05) is 32.0 Å². The van der Waals surface area contributed by atoms with Crippen molar-refractivity contribution in [2.75, 3.05) is 13.7 Å². The molecule has 0 spiro atoms. The van der Waals surface area contributed by atoms with Gasteiger partial charge in [0.15, 0.2) is 0 Å². The van der Waals surface area contributed by atoms with E-state index >= 15 is 0 Å². The number of hydrogen-bond donors (Lipinski definition) is 4. The Labute approximate surface area is 199 Å². The molecule has 34 heavy (non-hydrogen) atoms. The summed E-state index contributed by atoms with van der Waals surface area (Å²) in [6.07, 6.45) is 1.49. The summed E-state index contributed by atoms with van der Waals surface area (Å²) in [7, 11) is 1.57. The van der Waals surface area contributed by atoms with E-state index in [-0.39, 0.29) is 23.7 Å². The Hall–Kier alpha value is -3.54. The van der Waals surface area contributed by atoms with Crippen LogP contribution in [0.5, 0.6) is 5.75 Å². The second-order valence-corrected chi connectivity index (χ2v) is 9.31. The van der Waals surface area contributed by atoms with Crippen molar-refractivity contribution < 1.29 is 19.1 Å². The van der Waals surface area contributed by atoms with E-state index in [2.05, 4.69) is 27.0 Å². The van der Waals surface area contributed by atoms with Crippen LogP contribution in [0.2, 0.25) is 0 Å². The van der Waals surface area contributed by atoms with E-state index < -0.39 is 23.9 Å². The Morgan fingerprint density at radius 3 is 2.65 bits per heavy atom. The molecule has 182 valence electrons. The molecule has 4 atom stereocenters. The van der Waals surface area contributed by atoms with Crippen LogP contribution < -0.4 is 20.7 Å². The second kappa shape index (κ2) is 11.1. The number of carbonyl (C=O) groups is 3. The lowest BCUT2D eigenvalue weighted by molar-refractivity contribution is -0.126. The summed E-state index contributed by atoms with van der Waals surface area (Å²) in [6, 6.07) is 8.10. The summed E-state index contributed by atoms with van der Waals surface area (Å²) in [5.74, 6) is -0.736. The first kappa shape index (κ1) is 25.1. The number of aromatic nitrogens is 1. The minimum absolute atomic E-state index is 0.0503. The maximum absolute atomic E-state index is 13.2. The van der Waals surface area contributed by atoms with E-state index in [1.165, 1.54) is 0 Å². The van der Waals surface area contributed by atoms with Crippen molar-refractivity contribution in [3.63, 3.8) is 0 Å². The summed E-state index contributed by atoms with van der Waals surface area (Å²) in [5.41, 5.74) is 1.08. The minimum atomic E-state index is -0.786. The molecule has 2 heterocycles. The fraction of sp³-hybridized carbons (Fsp3) is 0.520. The number of nitrogens with zero attached hydrogens (tertiary/aromatic N) is 1. The number of ether oxygens (including phenoxy) is 1. The van der Waals surface area contributed by atoms with Gasteiger partial charge >= 0.3 is 0 Å². The number of rotatable bonds is 10. The number of hydrogen-bond acceptors (Lipinski definition) is 5. The highest BCUT2D eigenvalue weighted by Crippen LogP contribution is 2.26. The molecule has 1 aromatic heterocycles. The minimum Gasteiger partial charge on any atom is -0.496 e. The van der Waals surface area contributed by atoms with Gasteiger partial charge in [-0.1, -0.05) is 19.9 Å².